The molecular formula is C16H15NO2. The van der Waals surface area contributed by atoms with Crippen molar-refractivity contribution in [3.63, 3.8) is 0 Å². The highest BCUT2D eigenvalue weighted by molar-refractivity contribution is 5.89. The first-order chi connectivity index (χ1) is 9.20. The summed E-state index contributed by atoms with van der Waals surface area (Å²) in [4.78, 5) is 11.7. The van der Waals surface area contributed by atoms with Crippen LogP contribution in [0.15, 0.2) is 42.5 Å². The summed E-state index contributed by atoms with van der Waals surface area (Å²) >= 11 is 0. The Morgan fingerprint density at radius 2 is 2.00 bits per heavy atom. The molecule has 3 rings (SSSR count). The zero-order chi connectivity index (χ0) is 13.4. The highest BCUT2D eigenvalue weighted by Gasteiger charge is 2.28. The van der Waals surface area contributed by atoms with Crippen molar-refractivity contribution < 1.29 is 9.53 Å². The summed E-state index contributed by atoms with van der Waals surface area (Å²) in [5, 5.41) is 0. The molecule has 0 heterocycles. The van der Waals surface area contributed by atoms with E-state index in [0.29, 0.717) is 6.42 Å². The van der Waals surface area contributed by atoms with Gasteiger partial charge >= 0.3 is 0 Å². The molecule has 3 nitrogen and oxygen atoms in total. The zero-order valence-corrected chi connectivity index (χ0v) is 10.7. The van der Waals surface area contributed by atoms with E-state index in [4.69, 9.17) is 10.5 Å². The number of primary amides is 1. The maximum absolute atomic E-state index is 11.7. The number of hydrogen-bond acceptors (Lipinski definition) is 2. The molecule has 0 bridgehead atoms. The average Bonchev–Trinajstić information content (AvgIpc) is 2.45. The minimum Gasteiger partial charge on any atom is -0.497 e. The largest absolute Gasteiger partial charge is 0.497 e. The number of benzene rings is 2. The molecule has 0 radical (unpaired) electrons. The van der Waals surface area contributed by atoms with Crippen molar-refractivity contribution in [3.8, 4) is 16.9 Å². The maximum Gasteiger partial charge on any atom is 0.225 e. The molecule has 2 aromatic carbocycles. The van der Waals surface area contributed by atoms with E-state index < -0.39 is 0 Å². The summed E-state index contributed by atoms with van der Waals surface area (Å²) in [6.07, 6.45) is 0.671. The second-order valence-electron chi connectivity index (χ2n) is 4.77. The molecule has 3 heteroatoms. The summed E-state index contributed by atoms with van der Waals surface area (Å²) in [7, 11) is 1.64. The molecule has 19 heavy (non-hydrogen) atoms. The van der Waals surface area contributed by atoms with Crippen LogP contribution in [0.5, 0.6) is 5.75 Å². The van der Waals surface area contributed by atoms with Crippen LogP contribution < -0.4 is 10.5 Å². The molecule has 0 fully saturated rings. The number of rotatable bonds is 2. The third kappa shape index (κ3) is 1.87. The van der Waals surface area contributed by atoms with Crippen molar-refractivity contribution in [2.75, 3.05) is 7.11 Å². The molecule has 96 valence electrons. The van der Waals surface area contributed by atoms with Crippen molar-refractivity contribution in [2.45, 2.75) is 12.3 Å². The molecular weight excluding hydrogens is 238 g/mol. The molecule has 1 aliphatic carbocycles. The number of hydrogen-bond donors (Lipinski definition) is 1. The van der Waals surface area contributed by atoms with Crippen molar-refractivity contribution in [3.05, 3.63) is 53.6 Å². The fourth-order valence-electron chi connectivity index (χ4n) is 2.74. The quantitative estimate of drug-likeness (QED) is 0.894. The lowest BCUT2D eigenvalue weighted by Gasteiger charge is -2.26. The number of fused-ring (bicyclic) bond motifs is 3. The van der Waals surface area contributed by atoms with Crippen molar-refractivity contribution in [1.29, 1.82) is 0 Å². The Hall–Kier alpha value is -2.29. The van der Waals surface area contributed by atoms with Crippen LogP contribution in [0.4, 0.5) is 0 Å². The minimum atomic E-state index is -0.277. The predicted molar refractivity (Wildman–Crippen MR) is 74.1 cm³/mol. The highest BCUT2D eigenvalue weighted by Crippen LogP contribution is 2.41. The van der Waals surface area contributed by atoms with E-state index in [0.717, 1.165) is 28.0 Å². The van der Waals surface area contributed by atoms with Gasteiger partial charge in [0.1, 0.15) is 5.75 Å². The molecule has 0 spiro atoms. The zero-order valence-electron chi connectivity index (χ0n) is 10.7. The normalized spacial score (nSPS) is 16.4. The molecule has 1 aliphatic rings. The number of carbonyl (C=O) groups excluding carboxylic acids is 1. The Labute approximate surface area is 112 Å². The molecule has 1 unspecified atom stereocenters. The van der Waals surface area contributed by atoms with E-state index in [1.165, 1.54) is 0 Å². The first kappa shape index (κ1) is 11.8. The van der Waals surface area contributed by atoms with Crippen molar-refractivity contribution in [2.24, 2.45) is 5.73 Å². The van der Waals surface area contributed by atoms with E-state index in [1.54, 1.807) is 7.11 Å². The van der Waals surface area contributed by atoms with Gasteiger partial charge < -0.3 is 10.5 Å². The average molecular weight is 253 g/mol. The van der Waals surface area contributed by atoms with Crippen molar-refractivity contribution in [1.82, 2.24) is 0 Å². The summed E-state index contributed by atoms with van der Waals surface area (Å²) in [6.45, 7) is 0. The second kappa shape index (κ2) is 4.43. The monoisotopic (exact) mass is 253 g/mol. The number of methoxy groups -OCH3 is 1. The summed E-state index contributed by atoms with van der Waals surface area (Å²) < 4.78 is 5.27. The van der Waals surface area contributed by atoms with Gasteiger partial charge in [-0.1, -0.05) is 30.3 Å². The topological polar surface area (TPSA) is 52.3 Å². The number of carbonyl (C=O) groups is 1. The van der Waals surface area contributed by atoms with E-state index in [-0.39, 0.29) is 11.8 Å². The molecule has 0 aromatic heterocycles. The van der Waals surface area contributed by atoms with Gasteiger partial charge in [0.05, 0.1) is 13.0 Å². The van der Waals surface area contributed by atoms with Crippen LogP contribution in [0.3, 0.4) is 0 Å². The van der Waals surface area contributed by atoms with Crippen LogP contribution in [0.2, 0.25) is 0 Å². The van der Waals surface area contributed by atoms with E-state index >= 15 is 0 Å². The third-order valence-electron chi connectivity index (χ3n) is 3.71. The molecule has 1 atom stereocenters. The SMILES string of the molecule is COc1ccc2c(c1)-c1ccccc1CC2C(N)=O. The molecule has 1 amide bonds. The standard InChI is InChI=1S/C16H15NO2/c1-19-11-6-7-13-14(9-11)12-5-3-2-4-10(12)8-15(13)16(17)18/h2-7,9,15H,8H2,1H3,(H2,17,18). The van der Waals surface area contributed by atoms with Crippen LogP contribution in [-0.2, 0) is 11.2 Å². The summed E-state index contributed by atoms with van der Waals surface area (Å²) in [6, 6.07) is 13.9. The Bertz CT molecular complexity index is 649. The van der Waals surface area contributed by atoms with E-state index in [2.05, 4.69) is 6.07 Å². The molecule has 2 N–H and O–H groups in total. The van der Waals surface area contributed by atoms with Gasteiger partial charge in [-0.3, -0.25) is 4.79 Å². The van der Waals surface area contributed by atoms with E-state index in [1.807, 2.05) is 36.4 Å². The lowest BCUT2D eigenvalue weighted by molar-refractivity contribution is -0.119. The van der Waals surface area contributed by atoms with Crippen LogP contribution in [0, 0.1) is 0 Å². The minimum absolute atomic E-state index is 0.254. The summed E-state index contributed by atoms with van der Waals surface area (Å²) in [5.74, 6) is 0.260. The Balaban J connectivity index is 2.24. The van der Waals surface area contributed by atoms with Gasteiger partial charge in [-0.25, -0.2) is 0 Å². The number of ether oxygens (including phenoxy) is 1. The lowest BCUT2D eigenvalue weighted by Crippen LogP contribution is -2.26. The van der Waals surface area contributed by atoms with Gasteiger partial charge in [-0.15, -0.1) is 0 Å². The first-order valence-corrected chi connectivity index (χ1v) is 6.26. The van der Waals surface area contributed by atoms with Gasteiger partial charge in [-0.2, -0.15) is 0 Å². The first-order valence-electron chi connectivity index (χ1n) is 6.26. The van der Waals surface area contributed by atoms with Crippen LogP contribution in [0.25, 0.3) is 11.1 Å². The van der Waals surface area contributed by atoms with E-state index in [9.17, 15) is 4.79 Å². The fourth-order valence-corrected chi connectivity index (χ4v) is 2.74. The van der Waals surface area contributed by atoms with Gasteiger partial charge in [0.2, 0.25) is 5.91 Å². The smallest absolute Gasteiger partial charge is 0.225 e. The van der Waals surface area contributed by atoms with Gasteiger partial charge in [0, 0.05) is 0 Å². The van der Waals surface area contributed by atoms with Gasteiger partial charge in [-0.05, 0) is 40.8 Å². The van der Waals surface area contributed by atoms with Crippen LogP contribution in [-0.4, -0.2) is 13.0 Å². The Morgan fingerprint density at radius 1 is 1.21 bits per heavy atom. The molecule has 2 aromatic rings. The second-order valence-corrected chi connectivity index (χ2v) is 4.77. The van der Waals surface area contributed by atoms with Crippen molar-refractivity contribution >= 4 is 5.91 Å². The fraction of sp³-hybridized carbons (Fsp3) is 0.188. The van der Waals surface area contributed by atoms with Gasteiger partial charge in [0.25, 0.3) is 0 Å². The molecule has 0 aliphatic heterocycles. The maximum atomic E-state index is 11.7. The highest BCUT2D eigenvalue weighted by atomic mass is 16.5. The predicted octanol–water partition coefficient (Wildman–Crippen LogP) is 2.49. The van der Waals surface area contributed by atoms with Crippen LogP contribution in [0.1, 0.15) is 17.0 Å². The third-order valence-corrected chi connectivity index (χ3v) is 3.71. The Kier molecular flexibility index (Phi) is 2.75. The molecule has 0 saturated heterocycles. The van der Waals surface area contributed by atoms with Crippen LogP contribution >= 0.6 is 0 Å². The molecule has 0 saturated carbocycles. The Morgan fingerprint density at radius 3 is 2.74 bits per heavy atom. The number of amides is 1. The van der Waals surface area contributed by atoms with Gasteiger partial charge in [0.15, 0.2) is 0 Å². The lowest BCUT2D eigenvalue weighted by atomic mass is 9.78. The summed E-state index contributed by atoms with van der Waals surface area (Å²) in [5.41, 5.74) is 9.90. The number of nitrogens with two attached hydrogens (primary N) is 1.